The van der Waals surface area contributed by atoms with Crippen molar-refractivity contribution in [2.45, 2.75) is 25.1 Å². The van der Waals surface area contributed by atoms with E-state index >= 15 is 0 Å². The lowest BCUT2D eigenvalue weighted by Crippen LogP contribution is -2.64. The third kappa shape index (κ3) is 4.82. The molecule has 4 heterocycles. The van der Waals surface area contributed by atoms with Gasteiger partial charge in [0.05, 0.1) is 5.57 Å². The number of nitrogens with zero attached hydrogens (tertiary/aromatic N) is 1. The van der Waals surface area contributed by atoms with Crippen LogP contribution in [-0.2, 0) is 9.59 Å². The highest BCUT2D eigenvalue weighted by Crippen LogP contribution is 2.43. The van der Waals surface area contributed by atoms with Crippen LogP contribution in [0.2, 0.25) is 5.02 Å². The number of fused-ring (bicyclic) bond motifs is 1. The highest BCUT2D eigenvalue weighted by atomic mass is 35.5. The van der Waals surface area contributed by atoms with Crippen molar-refractivity contribution in [2.24, 2.45) is 17.8 Å². The van der Waals surface area contributed by atoms with Gasteiger partial charge in [-0.15, -0.1) is 0 Å². The third-order valence-electron chi connectivity index (χ3n) is 6.31. The van der Waals surface area contributed by atoms with Gasteiger partial charge in [0, 0.05) is 36.3 Å². The molecule has 6 nitrogen and oxygen atoms in total. The van der Waals surface area contributed by atoms with Crippen LogP contribution in [0.1, 0.15) is 18.4 Å². The highest BCUT2D eigenvalue weighted by Gasteiger charge is 2.48. The van der Waals surface area contributed by atoms with E-state index in [9.17, 15) is 18.0 Å². The van der Waals surface area contributed by atoms with Gasteiger partial charge < -0.3 is 20.1 Å². The van der Waals surface area contributed by atoms with Crippen LogP contribution in [0.25, 0.3) is 6.08 Å². The molecule has 1 aromatic carbocycles. The maximum atomic E-state index is 12.8. The number of carboxylic acids is 1. The number of rotatable bonds is 2. The quantitative estimate of drug-likeness (QED) is 0.711. The summed E-state index contributed by atoms with van der Waals surface area (Å²) >= 11 is 6.05. The van der Waals surface area contributed by atoms with Crippen LogP contribution >= 0.6 is 11.6 Å². The Morgan fingerprint density at radius 1 is 1.16 bits per heavy atom. The Morgan fingerprint density at radius 2 is 1.81 bits per heavy atom. The molecule has 4 bridgehead atoms. The Kier molecular flexibility index (Phi) is 5.91. The summed E-state index contributed by atoms with van der Waals surface area (Å²) in [5.74, 6) is 0.139. The van der Waals surface area contributed by atoms with E-state index < -0.39 is 12.1 Å². The molecule has 31 heavy (non-hydrogen) atoms. The topological polar surface area (TPSA) is 78.9 Å². The van der Waals surface area contributed by atoms with E-state index in [-0.39, 0.29) is 5.91 Å². The van der Waals surface area contributed by atoms with Gasteiger partial charge in [0.1, 0.15) is 12.4 Å². The summed E-state index contributed by atoms with van der Waals surface area (Å²) in [5, 5.41) is 11.1. The van der Waals surface area contributed by atoms with Gasteiger partial charge in [-0.05, 0) is 54.9 Å². The molecule has 4 aliphatic heterocycles. The predicted octanol–water partition coefficient (Wildman–Crippen LogP) is 3.21. The molecule has 2 N–H and O–H groups in total. The summed E-state index contributed by atoms with van der Waals surface area (Å²) in [4.78, 5) is 24.3. The van der Waals surface area contributed by atoms with Gasteiger partial charge in [-0.3, -0.25) is 4.79 Å². The summed E-state index contributed by atoms with van der Waals surface area (Å²) in [6.07, 6.45) is -0.627. The molecule has 168 valence electrons. The van der Waals surface area contributed by atoms with Gasteiger partial charge in [0.15, 0.2) is 0 Å². The lowest BCUT2D eigenvalue weighted by molar-refractivity contribution is -0.192. The zero-order valence-corrected chi connectivity index (χ0v) is 17.2. The molecule has 0 aromatic heterocycles. The monoisotopic (exact) mass is 458 g/mol. The van der Waals surface area contributed by atoms with E-state index in [0.29, 0.717) is 35.1 Å². The van der Waals surface area contributed by atoms with Crippen LogP contribution in [0.15, 0.2) is 23.8 Å². The first-order valence-corrected chi connectivity index (χ1v) is 10.4. The van der Waals surface area contributed by atoms with Gasteiger partial charge in [0.2, 0.25) is 0 Å². The number of hydrogen-bond acceptors (Lipinski definition) is 4. The number of alkyl halides is 3. The van der Waals surface area contributed by atoms with Crippen molar-refractivity contribution in [3.8, 4) is 5.75 Å². The normalized spacial score (nSPS) is 30.3. The lowest BCUT2D eigenvalue weighted by atomic mass is 9.65. The molecule has 3 saturated heterocycles. The Bertz CT molecular complexity index is 890. The fourth-order valence-corrected chi connectivity index (χ4v) is 5.35. The first-order chi connectivity index (χ1) is 14.6. The van der Waals surface area contributed by atoms with Crippen LogP contribution in [-0.4, -0.2) is 60.3 Å². The van der Waals surface area contributed by atoms with Crippen molar-refractivity contribution in [3.05, 3.63) is 34.4 Å². The van der Waals surface area contributed by atoms with Crippen molar-refractivity contribution in [1.29, 1.82) is 0 Å². The summed E-state index contributed by atoms with van der Waals surface area (Å²) in [5.41, 5.74) is 1.58. The Labute approximate surface area is 182 Å². The van der Waals surface area contributed by atoms with E-state index in [0.717, 1.165) is 30.3 Å². The third-order valence-corrected chi connectivity index (χ3v) is 6.54. The van der Waals surface area contributed by atoms with Crippen molar-refractivity contribution in [3.63, 3.8) is 0 Å². The van der Waals surface area contributed by atoms with Crippen molar-refractivity contribution < 1.29 is 32.6 Å². The number of nitrogens with one attached hydrogen (secondary N) is 1. The van der Waals surface area contributed by atoms with Crippen molar-refractivity contribution >= 4 is 29.6 Å². The van der Waals surface area contributed by atoms with Crippen LogP contribution < -0.4 is 10.1 Å². The van der Waals surface area contributed by atoms with E-state index in [1.807, 2.05) is 24.3 Å². The maximum Gasteiger partial charge on any atom is 0.490 e. The van der Waals surface area contributed by atoms with E-state index in [4.69, 9.17) is 26.2 Å². The number of carbonyl (C=O) groups is 2. The minimum absolute atomic E-state index is 0.0214. The average molecular weight is 459 g/mol. The molecule has 1 aliphatic carbocycles. The van der Waals surface area contributed by atoms with E-state index in [1.54, 1.807) is 0 Å². The van der Waals surface area contributed by atoms with Crippen LogP contribution in [0.5, 0.6) is 5.75 Å². The number of benzene rings is 1. The van der Waals surface area contributed by atoms with E-state index in [2.05, 4.69) is 10.2 Å². The summed E-state index contributed by atoms with van der Waals surface area (Å²) < 4.78 is 37.5. The number of amides is 1. The van der Waals surface area contributed by atoms with Gasteiger partial charge in [-0.1, -0.05) is 11.6 Å². The summed E-state index contributed by atoms with van der Waals surface area (Å²) in [6, 6.07) is 5.84. The number of hydrogen-bond donors (Lipinski definition) is 2. The molecule has 2 unspecified atom stereocenters. The molecule has 10 heteroatoms. The Hall–Kier alpha value is -2.26. The minimum Gasteiger partial charge on any atom is -0.488 e. The Morgan fingerprint density at radius 3 is 2.39 bits per heavy atom. The standard InChI is InChI=1S/C19H21ClN2O2.C2HF3O2/c20-16-1-2-17-12(6-16)5-15(10-24-17)19(23)21-18-13-3-11-4-14(18)9-22(7-11)8-13;3-2(4,5)1(6)7/h1-2,5-6,11,13-14,18H,3-4,7-10H2,(H,21,23);(H,6,7). The molecule has 1 saturated carbocycles. The second-order valence-corrected chi connectivity index (χ2v) is 8.96. The van der Waals surface area contributed by atoms with Gasteiger partial charge >= 0.3 is 12.1 Å². The smallest absolute Gasteiger partial charge is 0.488 e. The average Bonchev–Trinajstić information content (AvgIpc) is 2.69. The van der Waals surface area contributed by atoms with Gasteiger partial charge in [-0.2, -0.15) is 13.2 Å². The molecule has 4 fully saturated rings. The molecule has 6 rings (SSSR count). The zero-order chi connectivity index (χ0) is 22.3. The number of carboxylic acid groups (broad SMARTS) is 1. The first kappa shape index (κ1) is 22.0. The van der Waals surface area contributed by atoms with Crippen molar-refractivity contribution in [1.82, 2.24) is 10.2 Å². The molecule has 0 radical (unpaired) electrons. The fraction of sp³-hybridized carbons (Fsp3) is 0.524. The summed E-state index contributed by atoms with van der Waals surface area (Å²) in [6.45, 7) is 3.89. The SMILES string of the molecule is O=C(NC1C2CC3CC1CN(C3)C2)C1=Cc2cc(Cl)ccc2OC1.O=C(O)C(F)(F)F. The van der Waals surface area contributed by atoms with Crippen LogP contribution in [0, 0.1) is 17.8 Å². The fourth-order valence-electron chi connectivity index (χ4n) is 5.17. The second-order valence-electron chi connectivity index (χ2n) is 8.52. The predicted molar refractivity (Wildman–Crippen MR) is 107 cm³/mol. The van der Waals surface area contributed by atoms with Crippen LogP contribution in [0.3, 0.4) is 0 Å². The molecule has 1 aromatic rings. The molecule has 2 atom stereocenters. The van der Waals surface area contributed by atoms with Crippen LogP contribution in [0.4, 0.5) is 13.2 Å². The Balaban J connectivity index is 0.000000289. The first-order valence-electron chi connectivity index (χ1n) is 10.1. The molecular weight excluding hydrogens is 437 g/mol. The number of carbonyl (C=O) groups excluding carboxylic acids is 1. The molecule has 1 amide bonds. The van der Waals surface area contributed by atoms with Gasteiger partial charge in [-0.25, -0.2) is 4.79 Å². The molecule has 0 spiro atoms. The number of ether oxygens (including phenoxy) is 1. The van der Waals surface area contributed by atoms with Gasteiger partial charge in [0.25, 0.3) is 5.91 Å². The minimum atomic E-state index is -5.08. The van der Waals surface area contributed by atoms with E-state index in [1.165, 1.54) is 19.4 Å². The zero-order valence-electron chi connectivity index (χ0n) is 16.5. The number of piperidine rings is 3. The van der Waals surface area contributed by atoms with Crippen molar-refractivity contribution in [2.75, 3.05) is 26.2 Å². The highest BCUT2D eigenvalue weighted by molar-refractivity contribution is 6.30. The summed E-state index contributed by atoms with van der Waals surface area (Å²) in [7, 11) is 0. The second kappa shape index (κ2) is 8.35. The lowest BCUT2D eigenvalue weighted by Gasteiger charge is -2.56. The number of aliphatic carboxylic acids is 1. The molecular formula is C21H22ClF3N2O4. The number of halogens is 4. The largest absolute Gasteiger partial charge is 0.490 e. The maximum absolute atomic E-state index is 12.8. The molecule has 5 aliphatic rings.